The van der Waals surface area contributed by atoms with E-state index in [4.69, 9.17) is 4.74 Å². The summed E-state index contributed by atoms with van der Waals surface area (Å²) in [6.45, 7) is 7.33. The smallest absolute Gasteiger partial charge is 0.222 e. The number of morpholine rings is 1. The predicted molar refractivity (Wildman–Crippen MR) is 98.4 cm³/mol. The van der Waals surface area contributed by atoms with Crippen molar-refractivity contribution in [2.75, 3.05) is 26.2 Å². The number of aromatic amines is 1. The number of hydrogen-bond donors (Lipinski definition) is 2. The van der Waals surface area contributed by atoms with Crippen LogP contribution in [0.3, 0.4) is 0 Å². The summed E-state index contributed by atoms with van der Waals surface area (Å²) in [5.41, 5.74) is 1.46. The number of benzene rings is 1. The number of carbonyl (C=O) groups is 1. The SMILES string of the molecule is CC(C)N1CCO[C@H](CC(=O)NCCCc2nc3ccc(F)cc3[nH]2)C1. The van der Waals surface area contributed by atoms with Crippen LogP contribution in [0.1, 0.15) is 32.5 Å². The average molecular weight is 362 g/mol. The van der Waals surface area contributed by atoms with Crippen molar-refractivity contribution in [3.05, 3.63) is 29.8 Å². The minimum absolute atomic E-state index is 0.0206. The van der Waals surface area contributed by atoms with Crippen molar-refractivity contribution < 1.29 is 13.9 Å². The molecule has 1 aliphatic heterocycles. The van der Waals surface area contributed by atoms with Gasteiger partial charge in [-0.15, -0.1) is 0 Å². The highest BCUT2D eigenvalue weighted by Gasteiger charge is 2.24. The Bertz CT molecular complexity index is 746. The Morgan fingerprint density at radius 1 is 1.50 bits per heavy atom. The highest BCUT2D eigenvalue weighted by Crippen LogP contribution is 2.14. The molecule has 1 aromatic carbocycles. The van der Waals surface area contributed by atoms with Gasteiger partial charge in [-0.1, -0.05) is 0 Å². The summed E-state index contributed by atoms with van der Waals surface area (Å²) in [4.78, 5) is 22.0. The third-order valence-corrected chi connectivity index (χ3v) is 4.72. The zero-order valence-electron chi connectivity index (χ0n) is 15.4. The lowest BCUT2D eigenvalue weighted by molar-refractivity contribution is -0.126. The predicted octanol–water partition coefficient (Wildman–Crippen LogP) is 2.25. The molecule has 1 aromatic heterocycles. The van der Waals surface area contributed by atoms with Crippen LogP contribution in [0.4, 0.5) is 4.39 Å². The van der Waals surface area contributed by atoms with E-state index >= 15 is 0 Å². The van der Waals surface area contributed by atoms with Gasteiger partial charge < -0.3 is 15.0 Å². The van der Waals surface area contributed by atoms with Crippen LogP contribution >= 0.6 is 0 Å². The van der Waals surface area contributed by atoms with E-state index in [9.17, 15) is 9.18 Å². The van der Waals surface area contributed by atoms with E-state index in [1.165, 1.54) is 12.1 Å². The Labute approximate surface area is 153 Å². The van der Waals surface area contributed by atoms with Gasteiger partial charge in [0.05, 0.1) is 30.2 Å². The molecule has 0 aliphatic carbocycles. The second-order valence-corrected chi connectivity index (χ2v) is 7.08. The number of aryl methyl sites for hydroxylation is 1. The normalized spacial score (nSPS) is 18.5. The monoisotopic (exact) mass is 362 g/mol. The standard InChI is InChI=1S/C19H27FN4O2/c1-13(2)24-8-9-26-15(12-24)11-19(25)21-7-3-4-18-22-16-6-5-14(20)10-17(16)23-18/h5-6,10,13,15H,3-4,7-9,11-12H2,1-2H3,(H,21,25)(H,22,23)/t15-/m1/s1. The van der Waals surface area contributed by atoms with Gasteiger partial charge in [0.1, 0.15) is 11.6 Å². The maximum atomic E-state index is 13.2. The molecule has 0 spiro atoms. The fourth-order valence-electron chi connectivity index (χ4n) is 3.25. The minimum Gasteiger partial charge on any atom is -0.375 e. The first-order valence-electron chi connectivity index (χ1n) is 9.28. The molecule has 1 atom stereocenters. The molecule has 6 nitrogen and oxygen atoms in total. The average Bonchev–Trinajstić information content (AvgIpc) is 3.00. The molecule has 7 heteroatoms. The Balaban J connectivity index is 1.38. The number of rotatable bonds is 7. The van der Waals surface area contributed by atoms with Gasteiger partial charge in [-0.05, 0) is 38.5 Å². The molecule has 3 rings (SSSR count). The maximum absolute atomic E-state index is 13.2. The first-order valence-corrected chi connectivity index (χ1v) is 9.28. The molecule has 0 radical (unpaired) electrons. The van der Waals surface area contributed by atoms with E-state index in [2.05, 4.69) is 34.0 Å². The molecular formula is C19H27FN4O2. The van der Waals surface area contributed by atoms with E-state index in [0.717, 1.165) is 30.9 Å². The first kappa shape index (κ1) is 18.8. The van der Waals surface area contributed by atoms with E-state index in [0.29, 0.717) is 37.6 Å². The first-order chi connectivity index (χ1) is 12.5. The Morgan fingerprint density at radius 2 is 2.35 bits per heavy atom. The lowest BCUT2D eigenvalue weighted by atomic mass is 10.1. The van der Waals surface area contributed by atoms with Gasteiger partial charge in [0.15, 0.2) is 0 Å². The van der Waals surface area contributed by atoms with Gasteiger partial charge in [0.2, 0.25) is 5.91 Å². The molecule has 1 fully saturated rings. The summed E-state index contributed by atoms with van der Waals surface area (Å²) >= 11 is 0. The van der Waals surface area contributed by atoms with Crippen LogP contribution in [0.5, 0.6) is 0 Å². The molecule has 1 amide bonds. The Morgan fingerprint density at radius 3 is 3.15 bits per heavy atom. The number of nitrogens with zero attached hydrogens (tertiary/aromatic N) is 2. The molecule has 1 saturated heterocycles. The van der Waals surface area contributed by atoms with Crippen molar-refractivity contribution >= 4 is 16.9 Å². The molecule has 2 heterocycles. The van der Waals surface area contributed by atoms with Crippen molar-refractivity contribution in [2.24, 2.45) is 0 Å². The second kappa shape index (κ2) is 8.60. The van der Waals surface area contributed by atoms with Crippen molar-refractivity contribution in [3.8, 4) is 0 Å². The second-order valence-electron chi connectivity index (χ2n) is 7.08. The van der Waals surface area contributed by atoms with E-state index in [1.807, 2.05) is 0 Å². The number of amides is 1. The number of imidazole rings is 1. The number of carbonyl (C=O) groups excluding carboxylic acids is 1. The highest BCUT2D eigenvalue weighted by atomic mass is 19.1. The van der Waals surface area contributed by atoms with Gasteiger partial charge in [0.25, 0.3) is 0 Å². The highest BCUT2D eigenvalue weighted by molar-refractivity contribution is 5.76. The zero-order valence-corrected chi connectivity index (χ0v) is 15.4. The molecule has 142 valence electrons. The number of fused-ring (bicyclic) bond motifs is 1. The summed E-state index contributed by atoms with van der Waals surface area (Å²) in [5, 5.41) is 2.95. The van der Waals surface area contributed by atoms with Crippen LogP contribution in [0.2, 0.25) is 0 Å². The van der Waals surface area contributed by atoms with Crippen LogP contribution < -0.4 is 5.32 Å². The van der Waals surface area contributed by atoms with E-state index in [1.54, 1.807) is 6.07 Å². The number of aromatic nitrogens is 2. The van der Waals surface area contributed by atoms with Crippen LogP contribution in [-0.2, 0) is 16.0 Å². The molecule has 0 bridgehead atoms. The fourth-order valence-corrected chi connectivity index (χ4v) is 3.25. The van der Waals surface area contributed by atoms with Crippen molar-refractivity contribution in [3.63, 3.8) is 0 Å². The minimum atomic E-state index is -0.277. The van der Waals surface area contributed by atoms with Gasteiger partial charge >= 0.3 is 0 Å². The molecular weight excluding hydrogens is 335 g/mol. The van der Waals surface area contributed by atoms with Crippen molar-refractivity contribution in [2.45, 2.75) is 45.3 Å². The van der Waals surface area contributed by atoms with E-state index in [-0.39, 0.29) is 17.8 Å². The molecule has 1 aliphatic rings. The Hall–Kier alpha value is -1.99. The molecule has 26 heavy (non-hydrogen) atoms. The van der Waals surface area contributed by atoms with Gasteiger partial charge in [0, 0.05) is 32.1 Å². The fraction of sp³-hybridized carbons (Fsp3) is 0.579. The van der Waals surface area contributed by atoms with E-state index < -0.39 is 0 Å². The summed E-state index contributed by atoms with van der Waals surface area (Å²) in [7, 11) is 0. The van der Waals surface area contributed by atoms with Gasteiger partial charge in [-0.2, -0.15) is 0 Å². The maximum Gasteiger partial charge on any atom is 0.222 e. The third-order valence-electron chi connectivity index (χ3n) is 4.72. The number of halogens is 1. The van der Waals surface area contributed by atoms with Crippen molar-refractivity contribution in [1.29, 1.82) is 0 Å². The van der Waals surface area contributed by atoms with Crippen molar-refractivity contribution in [1.82, 2.24) is 20.2 Å². The molecule has 2 aromatic rings. The number of hydrogen-bond acceptors (Lipinski definition) is 4. The summed E-state index contributed by atoms with van der Waals surface area (Å²) < 4.78 is 18.9. The topological polar surface area (TPSA) is 70.2 Å². The molecule has 0 unspecified atom stereocenters. The summed E-state index contributed by atoms with van der Waals surface area (Å²) in [5.74, 6) is 0.552. The van der Waals surface area contributed by atoms with Crippen LogP contribution in [-0.4, -0.2) is 59.2 Å². The zero-order chi connectivity index (χ0) is 18.5. The van der Waals surface area contributed by atoms with Gasteiger partial charge in [-0.3, -0.25) is 9.69 Å². The number of H-pyrrole nitrogens is 1. The lowest BCUT2D eigenvalue weighted by Gasteiger charge is -2.35. The number of ether oxygens (including phenoxy) is 1. The van der Waals surface area contributed by atoms with Gasteiger partial charge in [-0.25, -0.2) is 9.37 Å². The Kier molecular flexibility index (Phi) is 6.21. The quantitative estimate of drug-likeness (QED) is 0.741. The lowest BCUT2D eigenvalue weighted by Crippen LogP contribution is -2.47. The van der Waals surface area contributed by atoms with Crippen LogP contribution in [0.25, 0.3) is 11.0 Å². The summed E-state index contributed by atoms with van der Waals surface area (Å²) in [6.07, 6.45) is 1.85. The molecule has 0 saturated carbocycles. The van der Waals surface area contributed by atoms with Crippen LogP contribution in [0, 0.1) is 5.82 Å². The largest absolute Gasteiger partial charge is 0.375 e. The number of nitrogens with one attached hydrogen (secondary N) is 2. The van der Waals surface area contributed by atoms with Crippen LogP contribution in [0.15, 0.2) is 18.2 Å². The third kappa shape index (κ3) is 5.02. The summed E-state index contributed by atoms with van der Waals surface area (Å²) in [6, 6.07) is 4.98. The molecule has 2 N–H and O–H groups in total.